The van der Waals surface area contributed by atoms with Gasteiger partial charge in [-0.3, -0.25) is 9.78 Å². The molecule has 1 aliphatic heterocycles. The zero-order valence-corrected chi connectivity index (χ0v) is 13.4. The third kappa shape index (κ3) is 2.65. The summed E-state index contributed by atoms with van der Waals surface area (Å²) in [4.78, 5) is 20.8. The van der Waals surface area contributed by atoms with Gasteiger partial charge in [-0.25, -0.2) is 4.98 Å². The third-order valence-electron chi connectivity index (χ3n) is 4.27. The summed E-state index contributed by atoms with van der Waals surface area (Å²) < 4.78 is 7.85. The molecule has 0 saturated heterocycles. The number of rotatable bonds is 3. The van der Waals surface area contributed by atoms with Gasteiger partial charge in [-0.1, -0.05) is 6.07 Å². The molecule has 0 saturated carbocycles. The minimum absolute atomic E-state index is 0.0336. The first-order chi connectivity index (χ1) is 11.7. The number of hydrogen-bond donors (Lipinski definition) is 1. The summed E-state index contributed by atoms with van der Waals surface area (Å²) >= 11 is 0. The van der Waals surface area contributed by atoms with Crippen molar-refractivity contribution in [2.24, 2.45) is 0 Å². The molecule has 0 unspecified atom stereocenters. The van der Waals surface area contributed by atoms with Crippen LogP contribution in [0.1, 0.15) is 27.8 Å². The highest BCUT2D eigenvalue weighted by molar-refractivity contribution is 5.94. The van der Waals surface area contributed by atoms with Crippen molar-refractivity contribution in [3.05, 3.63) is 59.7 Å². The Kier molecular flexibility index (Phi) is 3.74. The molecule has 1 aromatic carbocycles. The van der Waals surface area contributed by atoms with Crippen LogP contribution in [0.4, 0.5) is 0 Å². The van der Waals surface area contributed by atoms with Gasteiger partial charge in [0.25, 0.3) is 5.91 Å². The summed E-state index contributed by atoms with van der Waals surface area (Å²) in [6.07, 6.45) is 3.23. The Morgan fingerprint density at radius 2 is 2.17 bits per heavy atom. The Morgan fingerprint density at radius 3 is 3.00 bits per heavy atom. The van der Waals surface area contributed by atoms with Gasteiger partial charge in [0, 0.05) is 24.5 Å². The van der Waals surface area contributed by atoms with E-state index in [1.54, 1.807) is 24.5 Å². The number of nitrogens with one attached hydrogen (secondary N) is 1. The van der Waals surface area contributed by atoms with Crippen LogP contribution in [-0.4, -0.2) is 33.6 Å². The molecule has 0 fully saturated rings. The number of amides is 1. The van der Waals surface area contributed by atoms with E-state index in [0.29, 0.717) is 25.3 Å². The van der Waals surface area contributed by atoms with Crippen molar-refractivity contribution >= 4 is 16.9 Å². The predicted molar refractivity (Wildman–Crippen MR) is 89.7 cm³/mol. The normalized spacial score (nSPS) is 16.8. The summed E-state index contributed by atoms with van der Waals surface area (Å²) in [5.41, 5.74) is 3.85. The zero-order valence-electron chi connectivity index (χ0n) is 13.4. The lowest BCUT2D eigenvalue weighted by Gasteiger charge is -2.26. The molecule has 3 heterocycles. The lowest BCUT2D eigenvalue weighted by molar-refractivity contribution is 0.0553. The lowest BCUT2D eigenvalue weighted by Crippen LogP contribution is -2.35. The Morgan fingerprint density at radius 1 is 1.33 bits per heavy atom. The van der Waals surface area contributed by atoms with Gasteiger partial charge < -0.3 is 14.6 Å². The highest BCUT2D eigenvalue weighted by atomic mass is 16.5. The number of fused-ring (bicyclic) bond motifs is 3. The molecule has 0 aliphatic carbocycles. The standard InChI is InChI=1S/C18H18N4O2/c1-12-2-3-15-16(8-12)22-14(10-24-11-17(22)21-15)9-20-18(23)13-4-6-19-7-5-13/h2-8,14H,9-11H2,1H3,(H,20,23)/t14-/m0/s1. The predicted octanol–water partition coefficient (Wildman–Crippen LogP) is 2.24. The Labute approximate surface area is 139 Å². The molecule has 4 rings (SSSR count). The summed E-state index contributed by atoms with van der Waals surface area (Å²) in [6, 6.07) is 9.66. The number of aromatic nitrogens is 3. The summed E-state index contributed by atoms with van der Waals surface area (Å²) in [5, 5.41) is 2.98. The Hall–Kier alpha value is -2.73. The zero-order chi connectivity index (χ0) is 16.5. The number of carbonyl (C=O) groups is 1. The van der Waals surface area contributed by atoms with E-state index >= 15 is 0 Å². The fourth-order valence-electron chi connectivity index (χ4n) is 3.09. The first-order valence-corrected chi connectivity index (χ1v) is 7.96. The molecule has 24 heavy (non-hydrogen) atoms. The molecular weight excluding hydrogens is 304 g/mol. The minimum Gasteiger partial charge on any atom is -0.371 e. The number of nitrogens with zero attached hydrogens (tertiary/aromatic N) is 3. The molecule has 3 aromatic rings. The number of benzene rings is 1. The van der Waals surface area contributed by atoms with Crippen molar-refractivity contribution in [1.29, 1.82) is 0 Å². The fraction of sp³-hybridized carbons (Fsp3) is 0.278. The van der Waals surface area contributed by atoms with E-state index in [4.69, 9.17) is 4.74 Å². The molecule has 6 heteroatoms. The SMILES string of the molecule is Cc1ccc2nc3n(c2c1)[C@@H](CNC(=O)c1ccncc1)COC3. The smallest absolute Gasteiger partial charge is 0.251 e. The fourth-order valence-corrected chi connectivity index (χ4v) is 3.09. The van der Waals surface area contributed by atoms with Crippen molar-refractivity contribution < 1.29 is 9.53 Å². The van der Waals surface area contributed by atoms with Crippen LogP contribution in [0.15, 0.2) is 42.7 Å². The number of pyridine rings is 1. The molecule has 0 spiro atoms. The van der Waals surface area contributed by atoms with Crippen molar-refractivity contribution in [3.8, 4) is 0 Å². The van der Waals surface area contributed by atoms with E-state index in [1.165, 1.54) is 5.56 Å². The second kappa shape index (κ2) is 6.05. The second-order valence-corrected chi connectivity index (χ2v) is 6.01. The van der Waals surface area contributed by atoms with Crippen LogP contribution >= 0.6 is 0 Å². The van der Waals surface area contributed by atoms with Crippen LogP contribution in [0, 0.1) is 6.92 Å². The number of aryl methyl sites for hydroxylation is 1. The third-order valence-corrected chi connectivity index (χ3v) is 4.27. The van der Waals surface area contributed by atoms with E-state index < -0.39 is 0 Å². The van der Waals surface area contributed by atoms with Gasteiger partial charge in [0.1, 0.15) is 12.4 Å². The first-order valence-electron chi connectivity index (χ1n) is 7.96. The van der Waals surface area contributed by atoms with Crippen molar-refractivity contribution in [2.45, 2.75) is 19.6 Å². The van der Waals surface area contributed by atoms with E-state index in [1.807, 2.05) is 6.07 Å². The van der Waals surface area contributed by atoms with Crippen molar-refractivity contribution in [2.75, 3.05) is 13.2 Å². The van der Waals surface area contributed by atoms with Crippen molar-refractivity contribution in [1.82, 2.24) is 19.9 Å². The van der Waals surface area contributed by atoms with Crippen molar-refractivity contribution in [3.63, 3.8) is 0 Å². The maximum atomic E-state index is 12.3. The molecule has 0 bridgehead atoms. The van der Waals surface area contributed by atoms with Crippen LogP contribution in [0.3, 0.4) is 0 Å². The summed E-state index contributed by atoms with van der Waals surface area (Å²) in [6.45, 7) is 3.62. The Balaban J connectivity index is 1.59. The quantitative estimate of drug-likeness (QED) is 0.803. The monoisotopic (exact) mass is 322 g/mol. The molecule has 1 atom stereocenters. The van der Waals surface area contributed by atoms with E-state index in [0.717, 1.165) is 16.9 Å². The minimum atomic E-state index is -0.106. The topological polar surface area (TPSA) is 69.0 Å². The lowest BCUT2D eigenvalue weighted by atomic mass is 10.2. The first kappa shape index (κ1) is 14.8. The van der Waals surface area contributed by atoms with Gasteiger partial charge in [-0.15, -0.1) is 0 Å². The van der Waals surface area contributed by atoms with Gasteiger partial charge in [0.15, 0.2) is 0 Å². The van der Waals surface area contributed by atoms with E-state index in [-0.39, 0.29) is 11.9 Å². The van der Waals surface area contributed by atoms with Crippen LogP contribution in [0.5, 0.6) is 0 Å². The number of ether oxygens (including phenoxy) is 1. The largest absolute Gasteiger partial charge is 0.371 e. The molecule has 1 N–H and O–H groups in total. The van der Waals surface area contributed by atoms with E-state index in [2.05, 4.69) is 38.9 Å². The van der Waals surface area contributed by atoms with Crippen LogP contribution in [0.2, 0.25) is 0 Å². The Bertz CT molecular complexity index is 889. The van der Waals surface area contributed by atoms with Gasteiger partial charge in [0.05, 0.1) is 23.7 Å². The molecule has 0 radical (unpaired) electrons. The number of hydrogen-bond acceptors (Lipinski definition) is 4. The molecular formula is C18H18N4O2. The van der Waals surface area contributed by atoms with Crippen LogP contribution in [0.25, 0.3) is 11.0 Å². The van der Waals surface area contributed by atoms with Gasteiger partial charge >= 0.3 is 0 Å². The second-order valence-electron chi connectivity index (χ2n) is 6.01. The molecule has 2 aromatic heterocycles. The molecule has 122 valence electrons. The summed E-state index contributed by atoms with van der Waals surface area (Å²) in [5.74, 6) is 0.801. The van der Waals surface area contributed by atoms with Gasteiger partial charge in [0.2, 0.25) is 0 Å². The number of imidazole rings is 1. The van der Waals surface area contributed by atoms with E-state index in [9.17, 15) is 4.79 Å². The molecule has 1 amide bonds. The highest BCUT2D eigenvalue weighted by Crippen LogP contribution is 2.26. The average molecular weight is 322 g/mol. The maximum Gasteiger partial charge on any atom is 0.251 e. The van der Waals surface area contributed by atoms with Gasteiger partial charge in [-0.05, 0) is 36.8 Å². The molecule has 6 nitrogen and oxygen atoms in total. The maximum absolute atomic E-state index is 12.3. The van der Waals surface area contributed by atoms with Crippen LogP contribution < -0.4 is 5.32 Å². The summed E-state index contributed by atoms with van der Waals surface area (Å²) in [7, 11) is 0. The number of carbonyl (C=O) groups excluding carboxylic acids is 1. The highest BCUT2D eigenvalue weighted by Gasteiger charge is 2.24. The van der Waals surface area contributed by atoms with Gasteiger partial charge in [-0.2, -0.15) is 0 Å². The van der Waals surface area contributed by atoms with Crippen LogP contribution in [-0.2, 0) is 11.3 Å². The molecule has 1 aliphatic rings. The average Bonchev–Trinajstić information content (AvgIpc) is 2.99.